The van der Waals surface area contributed by atoms with Gasteiger partial charge < -0.3 is 19.9 Å². The van der Waals surface area contributed by atoms with Crippen molar-refractivity contribution < 1.29 is 9.90 Å². The fraction of sp³-hybridized carbons (Fsp3) is 0.750. The molecule has 0 aromatic carbocycles. The van der Waals surface area contributed by atoms with Crippen LogP contribution in [-0.2, 0) is 13.0 Å². The van der Waals surface area contributed by atoms with Crippen molar-refractivity contribution in [3.63, 3.8) is 0 Å². The number of amides is 1. The van der Waals surface area contributed by atoms with Crippen LogP contribution in [0.4, 0.5) is 0 Å². The van der Waals surface area contributed by atoms with Crippen molar-refractivity contribution >= 4 is 30.7 Å². The van der Waals surface area contributed by atoms with E-state index in [2.05, 4.69) is 19.8 Å². The predicted octanol–water partition coefficient (Wildman–Crippen LogP) is 0.154. The summed E-state index contributed by atoms with van der Waals surface area (Å²) in [7, 11) is 0. The number of carbonyl (C=O) groups excluding carboxylic acids is 1. The molecule has 0 saturated carbocycles. The van der Waals surface area contributed by atoms with Crippen molar-refractivity contribution in [3.8, 4) is 0 Å². The van der Waals surface area contributed by atoms with Crippen molar-refractivity contribution in [1.82, 2.24) is 24.7 Å². The number of halogens is 2. The van der Waals surface area contributed by atoms with Crippen molar-refractivity contribution in [2.24, 2.45) is 0 Å². The van der Waals surface area contributed by atoms with Gasteiger partial charge in [-0.25, -0.2) is 4.98 Å². The number of nitrogens with zero attached hydrogens (tertiary/aromatic N) is 4. The van der Waals surface area contributed by atoms with Crippen molar-refractivity contribution in [3.05, 3.63) is 17.7 Å². The van der Waals surface area contributed by atoms with Crippen molar-refractivity contribution in [2.75, 3.05) is 39.3 Å². The van der Waals surface area contributed by atoms with Gasteiger partial charge in [0.1, 0.15) is 11.5 Å². The number of likely N-dealkylation sites (tertiary alicyclic amines) is 2. The SMILES string of the molecule is Cl.Cl.O=C(c1cn2c(n1)CCNCC2)N1CCC(N2CC(O)C2)CC1. The van der Waals surface area contributed by atoms with Crippen LogP contribution in [0.15, 0.2) is 6.20 Å². The van der Waals surface area contributed by atoms with Gasteiger partial charge in [0.25, 0.3) is 5.91 Å². The van der Waals surface area contributed by atoms with Gasteiger partial charge in [-0.1, -0.05) is 0 Å². The van der Waals surface area contributed by atoms with Crippen molar-refractivity contribution in [1.29, 1.82) is 0 Å². The molecule has 142 valence electrons. The molecule has 0 atom stereocenters. The standard InChI is InChI=1S/C16H25N5O2.2ClH/c22-13-9-21(10-13)12-2-6-19(7-3-12)16(23)14-11-20-8-5-17-4-1-15(20)18-14;;/h11-13,17,22H,1-10H2;2*1H. The third-order valence-corrected chi connectivity index (χ3v) is 5.29. The van der Waals surface area contributed by atoms with Crippen LogP contribution >= 0.6 is 24.8 Å². The Bertz CT molecular complexity index is 560. The van der Waals surface area contributed by atoms with Gasteiger partial charge in [-0.3, -0.25) is 9.69 Å². The maximum absolute atomic E-state index is 12.7. The summed E-state index contributed by atoms with van der Waals surface area (Å²) >= 11 is 0. The Hall–Kier alpha value is -0.860. The number of carbonyl (C=O) groups is 1. The molecular weight excluding hydrogens is 365 g/mol. The number of piperidine rings is 1. The average Bonchev–Trinajstić information content (AvgIpc) is 2.82. The number of fused-ring (bicyclic) bond motifs is 1. The van der Waals surface area contributed by atoms with Gasteiger partial charge in [-0.15, -0.1) is 24.8 Å². The molecule has 25 heavy (non-hydrogen) atoms. The largest absolute Gasteiger partial charge is 0.390 e. The molecule has 3 aliphatic heterocycles. The molecule has 2 N–H and O–H groups in total. The van der Waals surface area contributed by atoms with E-state index >= 15 is 0 Å². The summed E-state index contributed by atoms with van der Waals surface area (Å²) in [6.45, 7) is 5.91. The second-order valence-corrected chi connectivity index (χ2v) is 6.87. The lowest BCUT2D eigenvalue weighted by molar-refractivity contribution is -0.0381. The molecule has 0 unspecified atom stereocenters. The van der Waals surface area contributed by atoms with E-state index in [0.29, 0.717) is 11.7 Å². The highest BCUT2D eigenvalue weighted by Gasteiger charge is 2.34. The molecule has 2 saturated heterocycles. The van der Waals surface area contributed by atoms with Gasteiger partial charge in [0.2, 0.25) is 0 Å². The first-order chi connectivity index (χ1) is 11.2. The van der Waals surface area contributed by atoms with E-state index < -0.39 is 0 Å². The summed E-state index contributed by atoms with van der Waals surface area (Å²) in [6.07, 6.45) is 4.64. The maximum atomic E-state index is 12.7. The molecule has 0 radical (unpaired) electrons. The van der Waals surface area contributed by atoms with E-state index in [1.54, 1.807) is 0 Å². The lowest BCUT2D eigenvalue weighted by atomic mass is 9.98. The monoisotopic (exact) mass is 391 g/mol. The van der Waals surface area contributed by atoms with Crippen molar-refractivity contribution in [2.45, 2.75) is 38.0 Å². The summed E-state index contributed by atoms with van der Waals surface area (Å²) in [4.78, 5) is 21.5. The molecule has 9 heteroatoms. The molecule has 1 aromatic rings. The fourth-order valence-corrected chi connectivity index (χ4v) is 3.86. The van der Waals surface area contributed by atoms with Crippen LogP contribution in [0.25, 0.3) is 0 Å². The normalized spacial score (nSPS) is 22.2. The van der Waals surface area contributed by atoms with E-state index in [9.17, 15) is 9.90 Å². The average molecular weight is 392 g/mol. The first-order valence-corrected chi connectivity index (χ1v) is 8.69. The molecule has 1 amide bonds. The highest BCUT2D eigenvalue weighted by molar-refractivity contribution is 5.92. The van der Waals surface area contributed by atoms with Crippen LogP contribution in [0.3, 0.4) is 0 Å². The molecule has 0 spiro atoms. The smallest absolute Gasteiger partial charge is 0.274 e. The number of β-amino-alcohol motifs (C(OH)–C–C–N with tert-alkyl or cyclic N) is 1. The first kappa shape index (κ1) is 20.5. The topological polar surface area (TPSA) is 73.6 Å². The Morgan fingerprint density at radius 2 is 1.88 bits per heavy atom. The second-order valence-electron chi connectivity index (χ2n) is 6.87. The van der Waals surface area contributed by atoms with Crippen LogP contribution < -0.4 is 5.32 Å². The number of imidazole rings is 1. The molecule has 0 bridgehead atoms. The van der Waals surface area contributed by atoms with Crippen LogP contribution in [0.5, 0.6) is 0 Å². The Morgan fingerprint density at radius 1 is 1.16 bits per heavy atom. The third-order valence-electron chi connectivity index (χ3n) is 5.29. The Morgan fingerprint density at radius 3 is 2.56 bits per heavy atom. The predicted molar refractivity (Wildman–Crippen MR) is 99.8 cm³/mol. The van der Waals surface area contributed by atoms with E-state index in [1.807, 2.05) is 11.1 Å². The van der Waals surface area contributed by atoms with Crippen LogP contribution in [-0.4, -0.2) is 81.8 Å². The lowest BCUT2D eigenvalue weighted by Crippen LogP contribution is -2.58. The van der Waals surface area contributed by atoms with Gasteiger partial charge in [0, 0.05) is 64.5 Å². The fourth-order valence-electron chi connectivity index (χ4n) is 3.86. The minimum absolute atomic E-state index is 0. The Balaban J connectivity index is 0.00000113. The first-order valence-electron chi connectivity index (χ1n) is 8.69. The molecule has 1 aromatic heterocycles. The zero-order valence-electron chi connectivity index (χ0n) is 14.3. The van der Waals surface area contributed by atoms with E-state index in [-0.39, 0.29) is 36.8 Å². The van der Waals surface area contributed by atoms with Crippen LogP contribution in [0, 0.1) is 0 Å². The molecule has 7 nitrogen and oxygen atoms in total. The van der Waals surface area contributed by atoms with E-state index in [0.717, 1.165) is 70.9 Å². The van der Waals surface area contributed by atoms with Gasteiger partial charge in [0.15, 0.2) is 0 Å². The zero-order valence-corrected chi connectivity index (χ0v) is 15.9. The molecule has 2 fully saturated rings. The molecular formula is C16H27Cl2N5O2. The summed E-state index contributed by atoms with van der Waals surface area (Å²) in [5.41, 5.74) is 0.597. The lowest BCUT2D eigenvalue weighted by Gasteiger charge is -2.45. The minimum Gasteiger partial charge on any atom is -0.390 e. The molecule has 0 aliphatic carbocycles. The summed E-state index contributed by atoms with van der Waals surface area (Å²) in [5.74, 6) is 1.09. The number of aliphatic hydroxyl groups excluding tert-OH is 1. The third kappa shape index (κ3) is 4.28. The minimum atomic E-state index is -0.148. The molecule has 3 aliphatic rings. The number of hydrogen-bond donors (Lipinski definition) is 2. The van der Waals surface area contributed by atoms with Gasteiger partial charge in [-0.2, -0.15) is 0 Å². The number of rotatable bonds is 2. The van der Waals surface area contributed by atoms with Gasteiger partial charge in [-0.05, 0) is 12.8 Å². The Labute approximate surface area is 160 Å². The van der Waals surface area contributed by atoms with Gasteiger partial charge >= 0.3 is 0 Å². The number of hydrogen-bond acceptors (Lipinski definition) is 5. The summed E-state index contributed by atoms with van der Waals surface area (Å²) in [5, 5.41) is 12.8. The quantitative estimate of drug-likeness (QED) is 0.750. The Kier molecular flexibility index (Phi) is 7.10. The van der Waals surface area contributed by atoms with E-state index in [1.165, 1.54) is 0 Å². The number of nitrogens with one attached hydrogen (secondary N) is 1. The van der Waals surface area contributed by atoms with Gasteiger partial charge in [0.05, 0.1) is 6.10 Å². The van der Waals surface area contributed by atoms with Crippen LogP contribution in [0.2, 0.25) is 0 Å². The zero-order chi connectivity index (χ0) is 15.8. The van der Waals surface area contributed by atoms with E-state index in [4.69, 9.17) is 0 Å². The summed E-state index contributed by atoms with van der Waals surface area (Å²) in [6, 6.07) is 0.521. The maximum Gasteiger partial charge on any atom is 0.274 e. The highest BCUT2D eigenvalue weighted by atomic mass is 35.5. The highest BCUT2D eigenvalue weighted by Crippen LogP contribution is 2.22. The second kappa shape index (κ2) is 8.68. The molecule has 4 rings (SSSR count). The molecule has 4 heterocycles. The van der Waals surface area contributed by atoms with Crippen LogP contribution in [0.1, 0.15) is 29.2 Å². The summed E-state index contributed by atoms with van der Waals surface area (Å²) < 4.78 is 2.11. The number of aliphatic hydroxyl groups is 1. The number of aromatic nitrogens is 2.